The van der Waals surface area contributed by atoms with Crippen molar-refractivity contribution in [2.24, 2.45) is 0 Å². The van der Waals surface area contributed by atoms with E-state index < -0.39 is 35.4 Å². The lowest BCUT2D eigenvalue weighted by Gasteiger charge is -2.21. The topological polar surface area (TPSA) is 87.5 Å². The molecule has 0 saturated carbocycles. The average molecular weight is 503 g/mol. The zero-order valence-electron chi connectivity index (χ0n) is 20.6. The second-order valence-electron chi connectivity index (χ2n) is 8.30. The molecule has 3 aromatic rings. The fourth-order valence-electron chi connectivity index (χ4n) is 4.11. The Morgan fingerprint density at radius 1 is 1.11 bits per heavy atom. The maximum absolute atomic E-state index is 13.8. The minimum atomic E-state index is -4.80. The Labute approximate surface area is 207 Å². The number of aryl methyl sites for hydroxylation is 1. The monoisotopic (exact) mass is 502 g/mol. The van der Waals surface area contributed by atoms with Gasteiger partial charge in [-0.25, -0.2) is 9.48 Å². The molecule has 2 N–H and O–H groups in total. The van der Waals surface area contributed by atoms with Gasteiger partial charge in [0.15, 0.2) is 5.69 Å². The number of benzene rings is 2. The van der Waals surface area contributed by atoms with Crippen molar-refractivity contribution in [2.45, 2.75) is 53.0 Å². The minimum absolute atomic E-state index is 0.0721. The molecule has 1 aliphatic heterocycles. The molecule has 2 heterocycles. The molecule has 1 unspecified atom stereocenters. The number of carboxylic acids is 1. The summed E-state index contributed by atoms with van der Waals surface area (Å²) in [5, 5.41) is 15.4. The summed E-state index contributed by atoms with van der Waals surface area (Å²) in [6.45, 7) is 8.57. The molecule has 0 saturated heterocycles. The van der Waals surface area contributed by atoms with Crippen LogP contribution >= 0.6 is 0 Å². The normalized spacial score (nSPS) is 13.5. The van der Waals surface area contributed by atoms with Crippen molar-refractivity contribution in [3.63, 3.8) is 0 Å². The lowest BCUT2D eigenvalue weighted by molar-refractivity contribution is -0.141. The summed E-state index contributed by atoms with van der Waals surface area (Å²) in [4.78, 5) is 25.9. The van der Waals surface area contributed by atoms with Crippen molar-refractivity contribution in [1.82, 2.24) is 15.1 Å². The molecule has 1 amide bonds. The van der Waals surface area contributed by atoms with Crippen LogP contribution in [0, 0.1) is 6.92 Å². The number of hydrogen-bond acceptors (Lipinski definition) is 4. The smallest absolute Gasteiger partial charge is 0.436 e. The summed E-state index contributed by atoms with van der Waals surface area (Å²) >= 11 is 0. The highest BCUT2D eigenvalue weighted by atomic mass is 19.4. The van der Waals surface area contributed by atoms with Crippen molar-refractivity contribution in [3.8, 4) is 0 Å². The quantitative estimate of drug-likeness (QED) is 0.468. The van der Waals surface area contributed by atoms with E-state index in [0.29, 0.717) is 18.7 Å². The van der Waals surface area contributed by atoms with Gasteiger partial charge in [0, 0.05) is 13.1 Å². The van der Waals surface area contributed by atoms with Crippen LogP contribution in [0.5, 0.6) is 0 Å². The summed E-state index contributed by atoms with van der Waals surface area (Å²) in [6.07, 6.45) is -4.80. The van der Waals surface area contributed by atoms with Crippen molar-refractivity contribution >= 4 is 17.7 Å². The largest absolute Gasteiger partial charge is 0.478 e. The first-order valence-corrected chi connectivity index (χ1v) is 11.7. The van der Waals surface area contributed by atoms with Gasteiger partial charge in [0.05, 0.1) is 18.2 Å². The number of nitrogens with one attached hydrogen (secondary N) is 1. The number of anilines is 1. The van der Waals surface area contributed by atoms with Crippen LogP contribution in [0.4, 0.5) is 19.0 Å². The maximum atomic E-state index is 13.8. The number of nitrogens with zero attached hydrogens (tertiary/aromatic N) is 3. The molecule has 0 bridgehead atoms. The summed E-state index contributed by atoms with van der Waals surface area (Å²) in [6, 6.07) is 12.8. The van der Waals surface area contributed by atoms with E-state index in [0.717, 1.165) is 11.1 Å². The van der Waals surface area contributed by atoms with Crippen LogP contribution in [0.2, 0.25) is 0 Å². The molecule has 1 aromatic heterocycles. The highest BCUT2D eigenvalue weighted by Crippen LogP contribution is 2.38. The number of carbonyl (C=O) groups is 2. The lowest BCUT2D eigenvalue weighted by Crippen LogP contribution is -2.31. The molecule has 1 aliphatic rings. The van der Waals surface area contributed by atoms with Gasteiger partial charge in [-0.2, -0.15) is 18.3 Å². The van der Waals surface area contributed by atoms with Crippen LogP contribution < -0.4 is 10.2 Å². The molecule has 2 aromatic carbocycles. The van der Waals surface area contributed by atoms with E-state index in [4.69, 9.17) is 5.11 Å². The predicted octanol–water partition coefficient (Wildman–Crippen LogP) is 5.45. The lowest BCUT2D eigenvalue weighted by atomic mass is 10.1. The van der Waals surface area contributed by atoms with Gasteiger partial charge < -0.3 is 15.3 Å². The molecule has 4 rings (SSSR count). The van der Waals surface area contributed by atoms with Crippen LogP contribution in [-0.2, 0) is 19.3 Å². The average Bonchev–Trinajstić information content (AvgIpc) is 3.40. The highest BCUT2D eigenvalue weighted by molar-refractivity contribution is 6.01. The number of alkyl halides is 3. The van der Waals surface area contributed by atoms with Crippen molar-refractivity contribution in [2.75, 3.05) is 11.4 Å². The molecular formula is C26H29F3N4O3. The van der Waals surface area contributed by atoms with Gasteiger partial charge >= 0.3 is 12.1 Å². The second-order valence-corrected chi connectivity index (χ2v) is 8.30. The molecule has 7 nitrogen and oxygen atoms in total. The Morgan fingerprint density at radius 3 is 2.36 bits per heavy atom. The number of rotatable bonds is 6. The molecule has 0 radical (unpaired) electrons. The number of hydrogen-bond donors (Lipinski definition) is 2. The number of halogens is 3. The van der Waals surface area contributed by atoms with E-state index in [9.17, 15) is 22.8 Å². The Bertz CT molecular complexity index is 1240. The second kappa shape index (κ2) is 10.8. The third kappa shape index (κ3) is 5.69. The predicted molar refractivity (Wildman–Crippen MR) is 130 cm³/mol. The summed E-state index contributed by atoms with van der Waals surface area (Å²) in [5.41, 5.74) is 0.854. The van der Waals surface area contributed by atoms with Crippen molar-refractivity contribution in [3.05, 3.63) is 82.0 Å². The SMILES string of the molecule is CC.Cc1cccc(CN2CCn3nc(C(F)(F)F)c(C(=O)NC(C)c4ccc(C(=O)O)cc4)c32)c1. The zero-order valence-corrected chi connectivity index (χ0v) is 20.6. The molecule has 1 atom stereocenters. The van der Waals surface area contributed by atoms with Gasteiger partial charge in [-0.3, -0.25) is 4.79 Å². The van der Waals surface area contributed by atoms with Gasteiger partial charge in [0.2, 0.25) is 0 Å². The summed E-state index contributed by atoms with van der Waals surface area (Å²) < 4.78 is 42.7. The first kappa shape index (κ1) is 26.8. The fourth-order valence-corrected chi connectivity index (χ4v) is 4.11. The first-order chi connectivity index (χ1) is 17.0. The van der Waals surface area contributed by atoms with Crippen LogP contribution in [-0.4, -0.2) is 33.3 Å². The number of carboxylic acid groups (broad SMARTS) is 1. The van der Waals surface area contributed by atoms with E-state index in [1.165, 1.54) is 28.9 Å². The first-order valence-electron chi connectivity index (χ1n) is 11.7. The van der Waals surface area contributed by atoms with Crippen LogP contribution in [0.15, 0.2) is 48.5 Å². The summed E-state index contributed by atoms with van der Waals surface area (Å²) in [7, 11) is 0. The third-order valence-corrected chi connectivity index (χ3v) is 5.76. The number of amides is 1. The molecule has 0 spiro atoms. The zero-order chi connectivity index (χ0) is 26.6. The van der Waals surface area contributed by atoms with E-state index >= 15 is 0 Å². The van der Waals surface area contributed by atoms with Gasteiger partial charge in [0.1, 0.15) is 11.4 Å². The van der Waals surface area contributed by atoms with Gasteiger partial charge in [-0.15, -0.1) is 0 Å². The van der Waals surface area contributed by atoms with E-state index in [1.807, 2.05) is 45.0 Å². The number of carbonyl (C=O) groups excluding carboxylic acids is 1. The molecule has 0 aliphatic carbocycles. The Hall–Kier alpha value is -3.82. The molecule has 36 heavy (non-hydrogen) atoms. The molecule has 10 heteroatoms. The maximum Gasteiger partial charge on any atom is 0.436 e. The number of aromatic nitrogens is 2. The Morgan fingerprint density at radius 2 is 1.78 bits per heavy atom. The van der Waals surface area contributed by atoms with Crippen molar-refractivity contribution < 1.29 is 27.9 Å². The van der Waals surface area contributed by atoms with E-state index in [2.05, 4.69) is 10.4 Å². The van der Waals surface area contributed by atoms with E-state index in [-0.39, 0.29) is 17.9 Å². The standard InChI is InChI=1S/C24H23F3N4O3.C2H6/c1-14-4-3-5-16(12-14)13-30-10-11-31-22(30)19(20(29-31)24(25,26)27)21(32)28-15(2)17-6-8-18(9-7-17)23(33)34;1-2/h3-9,12,15H,10-11,13H2,1-2H3,(H,28,32)(H,33,34);1-2H3. The van der Waals surface area contributed by atoms with Gasteiger partial charge in [0.25, 0.3) is 5.91 Å². The molecule has 192 valence electrons. The Kier molecular flexibility index (Phi) is 8.07. The van der Waals surface area contributed by atoms with Crippen LogP contribution in [0.1, 0.15) is 69.9 Å². The van der Waals surface area contributed by atoms with E-state index in [1.54, 1.807) is 11.8 Å². The fraction of sp³-hybridized carbons (Fsp3) is 0.346. The Balaban J connectivity index is 0.00000176. The third-order valence-electron chi connectivity index (χ3n) is 5.76. The van der Waals surface area contributed by atoms with Gasteiger partial charge in [-0.05, 0) is 37.1 Å². The number of fused-ring (bicyclic) bond motifs is 1. The van der Waals surface area contributed by atoms with Crippen LogP contribution in [0.3, 0.4) is 0 Å². The highest BCUT2D eigenvalue weighted by Gasteiger charge is 2.44. The van der Waals surface area contributed by atoms with Crippen LogP contribution in [0.25, 0.3) is 0 Å². The number of aromatic carboxylic acids is 1. The summed E-state index contributed by atoms with van der Waals surface area (Å²) in [5.74, 6) is -1.85. The van der Waals surface area contributed by atoms with Gasteiger partial charge in [-0.1, -0.05) is 55.8 Å². The molecular weight excluding hydrogens is 473 g/mol. The van der Waals surface area contributed by atoms with Crippen molar-refractivity contribution in [1.29, 1.82) is 0 Å². The minimum Gasteiger partial charge on any atom is -0.478 e. The molecule has 0 fully saturated rings.